The first-order valence-electron chi connectivity index (χ1n) is 15.3. The summed E-state index contributed by atoms with van der Waals surface area (Å²) in [5, 5.41) is 13.2. The lowest BCUT2D eigenvalue weighted by molar-refractivity contribution is 0.414. The van der Waals surface area contributed by atoms with Crippen molar-refractivity contribution in [1.82, 2.24) is 0 Å². The highest BCUT2D eigenvalue weighted by Gasteiger charge is 2.20. The van der Waals surface area contributed by atoms with Gasteiger partial charge in [0.05, 0.1) is 0 Å². The Balaban J connectivity index is 1.49. The highest BCUT2D eigenvalue weighted by atomic mass is 14.2. The number of hydrogen-bond acceptors (Lipinski definition) is 0. The van der Waals surface area contributed by atoms with Crippen LogP contribution < -0.4 is 0 Å². The van der Waals surface area contributed by atoms with Gasteiger partial charge in [0.2, 0.25) is 0 Å². The minimum Gasteiger partial charge on any atom is -0.0622 e. The van der Waals surface area contributed by atoms with Crippen LogP contribution in [-0.4, -0.2) is 0 Å². The van der Waals surface area contributed by atoms with Crippen LogP contribution in [0.4, 0.5) is 0 Å². The first-order valence-corrected chi connectivity index (χ1v) is 15.3. The van der Waals surface area contributed by atoms with E-state index in [2.05, 4.69) is 160 Å². The van der Waals surface area contributed by atoms with Crippen molar-refractivity contribution in [3.05, 3.63) is 145 Å². The summed E-state index contributed by atoms with van der Waals surface area (Å²) in [6.07, 6.45) is 1.03. The molecule has 0 fully saturated rings. The Labute approximate surface area is 253 Å². The lowest BCUT2D eigenvalue weighted by Crippen LogP contribution is -2.10. The summed E-state index contributed by atoms with van der Waals surface area (Å²) >= 11 is 0. The Bertz CT molecular complexity index is 2280. The van der Waals surface area contributed by atoms with Crippen LogP contribution in [0.1, 0.15) is 26.3 Å². The maximum atomic E-state index is 2.41. The van der Waals surface area contributed by atoms with Crippen molar-refractivity contribution in [2.45, 2.75) is 27.2 Å². The largest absolute Gasteiger partial charge is 0.0622 e. The van der Waals surface area contributed by atoms with Crippen LogP contribution in [0.3, 0.4) is 0 Å². The third-order valence-corrected chi connectivity index (χ3v) is 8.98. The van der Waals surface area contributed by atoms with Crippen LogP contribution in [0, 0.1) is 5.41 Å². The van der Waals surface area contributed by atoms with Crippen LogP contribution in [0.2, 0.25) is 0 Å². The molecule has 0 unspecified atom stereocenters. The monoisotopic (exact) mass is 550 g/mol. The average Bonchev–Trinajstić information content (AvgIpc) is 3.03. The molecule has 8 aromatic rings. The lowest BCUT2D eigenvalue weighted by Gasteiger charge is -2.22. The van der Waals surface area contributed by atoms with E-state index < -0.39 is 0 Å². The minimum absolute atomic E-state index is 0.187. The number of benzene rings is 8. The first-order chi connectivity index (χ1) is 21.0. The van der Waals surface area contributed by atoms with Crippen LogP contribution in [0.5, 0.6) is 0 Å². The van der Waals surface area contributed by atoms with Crippen molar-refractivity contribution in [3.8, 4) is 22.3 Å². The SMILES string of the molecule is CC(C)(C)Cc1c2ccccc2cc2c1ccc1c(-c3c4ccccc4c(-c4ccccc4)c4ccccc34)cccc12. The molecule has 0 aromatic heterocycles. The van der Waals surface area contributed by atoms with Crippen LogP contribution in [-0.2, 0) is 6.42 Å². The predicted molar refractivity (Wildman–Crippen MR) is 188 cm³/mol. The molecule has 8 aromatic carbocycles. The zero-order valence-electron chi connectivity index (χ0n) is 25.0. The Kier molecular flexibility index (Phi) is 5.88. The summed E-state index contributed by atoms with van der Waals surface area (Å²) in [6, 6.07) is 51.7. The van der Waals surface area contributed by atoms with Gasteiger partial charge in [-0.3, -0.25) is 0 Å². The molecule has 0 spiro atoms. The summed E-state index contributed by atoms with van der Waals surface area (Å²) < 4.78 is 0. The third-order valence-electron chi connectivity index (χ3n) is 8.98. The maximum Gasteiger partial charge on any atom is -0.00201 e. The highest BCUT2D eigenvalue weighted by molar-refractivity contribution is 6.25. The van der Waals surface area contributed by atoms with Gasteiger partial charge < -0.3 is 0 Å². The number of fused-ring (bicyclic) bond motifs is 6. The zero-order chi connectivity index (χ0) is 29.1. The zero-order valence-corrected chi connectivity index (χ0v) is 25.0. The molecule has 0 N–H and O–H groups in total. The van der Waals surface area contributed by atoms with Gasteiger partial charge in [-0.15, -0.1) is 0 Å². The van der Waals surface area contributed by atoms with Gasteiger partial charge >= 0.3 is 0 Å². The summed E-state index contributed by atoms with van der Waals surface area (Å²) in [7, 11) is 0. The van der Waals surface area contributed by atoms with Crippen LogP contribution in [0.15, 0.2) is 140 Å². The van der Waals surface area contributed by atoms with E-state index in [4.69, 9.17) is 0 Å². The van der Waals surface area contributed by atoms with Crippen molar-refractivity contribution in [3.63, 3.8) is 0 Å². The molecule has 0 nitrogen and oxygen atoms in total. The molecule has 0 heterocycles. The lowest BCUT2D eigenvalue weighted by atomic mass is 9.82. The summed E-state index contributed by atoms with van der Waals surface area (Å²) in [5.74, 6) is 0. The van der Waals surface area contributed by atoms with E-state index in [0.29, 0.717) is 0 Å². The second kappa shape index (κ2) is 9.82. The van der Waals surface area contributed by atoms with Gasteiger partial charge in [-0.2, -0.15) is 0 Å². The fraction of sp³-hybridized carbons (Fsp3) is 0.116. The molecular formula is C43H34. The van der Waals surface area contributed by atoms with E-state index in [9.17, 15) is 0 Å². The normalized spacial score (nSPS) is 12.2. The fourth-order valence-electron chi connectivity index (χ4n) is 7.27. The topological polar surface area (TPSA) is 0 Å². The fourth-order valence-corrected chi connectivity index (χ4v) is 7.27. The quantitative estimate of drug-likeness (QED) is 0.152. The average molecular weight is 551 g/mol. The van der Waals surface area contributed by atoms with Gasteiger partial charge in [0, 0.05) is 0 Å². The molecule has 0 amide bonds. The summed E-state index contributed by atoms with van der Waals surface area (Å²) in [6.45, 7) is 7.03. The van der Waals surface area contributed by atoms with Gasteiger partial charge in [-0.1, -0.05) is 154 Å². The van der Waals surface area contributed by atoms with Crippen molar-refractivity contribution < 1.29 is 0 Å². The van der Waals surface area contributed by atoms with Gasteiger partial charge in [-0.05, 0) is 99.6 Å². The van der Waals surface area contributed by atoms with E-state index in [-0.39, 0.29) is 5.41 Å². The molecule has 0 saturated carbocycles. The summed E-state index contributed by atoms with van der Waals surface area (Å²) in [4.78, 5) is 0. The molecule has 43 heavy (non-hydrogen) atoms. The molecule has 0 aliphatic carbocycles. The third kappa shape index (κ3) is 4.21. The molecule has 0 bridgehead atoms. The smallest absolute Gasteiger partial charge is 0.00201 e. The Morgan fingerprint density at radius 1 is 0.395 bits per heavy atom. The van der Waals surface area contributed by atoms with E-state index in [1.165, 1.54) is 81.7 Å². The second-order valence-electron chi connectivity index (χ2n) is 13.1. The molecule has 206 valence electrons. The van der Waals surface area contributed by atoms with Crippen LogP contribution >= 0.6 is 0 Å². The Hall–Kier alpha value is -4.94. The van der Waals surface area contributed by atoms with E-state index in [0.717, 1.165) is 6.42 Å². The maximum absolute atomic E-state index is 2.41. The van der Waals surface area contributed by atoms with Gasteiger partial charge in [0.25, 0.3) is 0 Å². The van der Waals surface area contributed by atoms with Gasteiger partial charge in [-0.25, -0.2) is 0 Å². The van der Waals surface area contributed by atoms with Gasteiger partial charge in [0.1, 0.15) is 0 Å². The molecular weight excluding hydrogens is 516 g/mol. The Morgan fingerprint density at radius 2 is 0.930 bits per heavy atom. The van der Waals surface area contributed by atoms with Crippen molar-refractivity contribution in [2.75, 3.05) is 0 Å². The molecule has 0 atom stereocenters. The van der Waals surface area contributed by atoms with Crippen LogP contribution in [0.25, 0.3) is 76.1 Å². The minimum atomic E-state index is 0.187. The molecule has 0 saturated heterocycles. The standard InChI is InChI=1S/C43H34/c1-43(2,3)27-40-30-17-8-7-16-29(30)26-39-31-22-13-23-34(32(31)24-25-33(39)40)42-37-20-11-9-18-35(37)41(28-14-5-4-6-15-28)36-19-10-12-21-38(36)42/h4-26H,27H2,1-3H3. The predicted octanol–water partition coefficient (Wildman–Crippen LogP) is 12.4. The highest BCUT2D eigenvalue weighted by Crippen LogP contribution is 2.46. The molecule has 0 aliphatic rings. The Morgan fingerprint density at radius 3 is 1.58 bits per heavy atom. The molecule has 0 heteroatoms. The van der Waals surface area contributed by atoms with Gasteiger partial charge in [0.15, 0.2) is 0 Å². The second-order valence-corrected chi connectivity index (χ2v) is 13.1. The van der Waals surface area contributed by atoms with E-state index >= 15 is 0 Å². The number of rotatable bonds is 3. The van der Waals surface area contributed by atoms with E-state index in [1.54, 1.807) is 0 Å². The van der Waals surface area contributed by atoms with Crippen molar-refractivity contribution >= 4 is 53.9 Å². The van der Waals surface area contributed by atoms with Crippen molar-refractivity contribution in [1.29, 1.82) is 0 Å². The number of hydrogen-bond donors (Lipinski definition) is 0. The summed E-state index contributed by atoms with van der Waals surface area (Å²) in [5.41, 5.74) is 6.80. The van der Waals surface area contributed by atoms with Crippen molar-refractivity contribution in [2.24, 2.45) is 5.41 Å². The first kappa shape index (κ1) is 25.7. The molecule has 8 rings (SSSR count). The molecule has 0 aliphatic heterocycles. The van der Waals surface area contributed by atoms with E-state index in [1.807, 2.05) is 0 Å². The molecule has 0 radical (unpaired) electrons.